The molecule has 0 atom stereocenters. The molecule has 0 spiro atoms. The van der Waals surface area contributed by atoms with E-state index in [1.807, 2.05) is 79.8 Å². The van der Waals surface area contributed by atoms with Crippen LogP contribution in [0.1, 0.15) is 39.3 Å². The number of para-hydroxylation sites is 1. The molecule has 0 aliphatic carbocycles. The van der Waals surface area contributed by atoms with Crippen LogP contribution >= 0.6 is 24.8 Å². The minimum Gasteiger partial charge on any atom is -0.388 e. The maximum absolute atomic E-state index is 13.7. The fourth-order valence-electron chi connectivity index (χ4n) is 4.83. The largest absolute Gasteiger partial charge is 0.388 e. The van der Waals surface area contributed by atoms with Gasteiger partial charge in [-0.1, -0.05) is 42.5 Å². The van der Waals surface area contributed by atoms with Crippen LogP contribution in [0.15, 0.2) is 79.0 Å². The summed E-state index contributed by atoms with van der Waals surface area (Å²) in [7, 11) is 1.98. The molecule has 0 saturated carbocycles. The summed E-state index contributed by atoms with van der Waals surface area (Å²) in [6.07, 6.45) is 3.60. The van der Waals surface area contributed by atoms with Gasteiger partial charge in [0.25, 0.3) is 5.91 Å². The Bertz CT molecular complexity index is 1730. The lowest BCUT2D eigenvalue weighted by Gasteiger charge is -2.23. The number of hydrogen-bond donors (Lipinski definition) is 4. The first-order valence-electron chi connectivity index (χ1n) is 13.1. The van der Waals surface area contributed by atoms with Gasteiger partial charge in [-0.15, -0.1) is 24.8 Å². The third-order valence-electron chi connectivity index (χ3n) is 7.08. The highest BCUT2D eigenvalue weighted by Gasteiger charge is 2.19. The molecule has 0 saturated heterocycles. The zero-order chi connectivity index (χ0) is 28.2. The number of pyridine rings is 1. The van der Waals surface area contributed by atoms with Crippen LogP contribution in [0, 0.1) is 10.8 Å². The first-order valence-corrected chi connectivity index (χ1v) is 13.1. The maximum atomic E-state index is 13.7. The standard InChI is InChI=1S/C31H32N8O.2ClH/c1-38-27-12-11-24(17-26(27)37-29(38)13-8-20-6-9-22(10-7-20)30(34)35)31(40)39(15-14-28(32)33)19-21-16-23-4-2-3-5-25(23)36-18-21;;/h2-7,9-12,16-18H,8,13-15,19H2,1H3,(H3,32,33)(H3,34,35);2*1H. The minimum absolute atomic E-state index is 0. The number of nitrogens with zero attached hydrogens (tertiary/aromatic N) is 4. The van der Waals surface area contributed by atoms with Gasteiger partial charge in [0.1, 0.15) is 11.7 Å². The summed E-state index contributed by atoms with van der Waals surface area (Å²) in [4.78, 5) is 24.8. The molecule has 9 nitrogen and oxygen atoms in total. The Morgan fingerprint density at radius 2 is 1.60 bits per heavy atom. The number of amides is 1. The van der Waals surface area contributed by atoms with Crippen LogP contribution in [-0.2, 0) is 26.4 Å². The van der Waals surface area contributed by atoms with Crippen molar-refractivity contribution < 1.29 is 4.79 Å². The van der Waals surface area contributed by atoms with Gasteiger partial charge in [-0.2, -0.15) is 0 Å². The van der Waals surface area contributed by atoms with Gasteiger partial charge < -0.3 is 20.9 Å². The third kappa shape index (κ3) is 7.23. The highest BCUT2D eigenvalue weighted by Crippen LogP contribution is 2.21. The highest BCUT2D eigenvalue weighted by molar-refractivity contribution is 5.98. The summed E-state index contributed by atoms with van der Waals surface area (Å²) in [5.41, 5.74) is 17.1. The number of halogens is 2. The summed E-state index contributed by atoms with van der Waals surface area (Å²) >= 11 is 0. The van der Waals surface area contributed by atoms with Crippen molar-refractivity contribution in [3.05, 3.63) is 107 Å². The third-order valence-corrected chi connectivity index (χ3v) is 7.08. The molecule has 42 heavy (non-hydrogen) atoms. The average molecular weight is 606 g/mol. The molecule has 0 aliphatic rings. The van der Waals surface area contributed by atoms with E-state index in [4.69, 9.17) is 27.3 Å². The van der Waals surface area contributed by atoms with E-state index in [0.29, 0.717) is 24.2 Å². The molecule has 0 aliphatic heterocycles. The number of carbonyl (C=O) groups excluding carboxylic acids is 1. The van der Waals surface area contributed by atoms with Crippen molar-refractivity contribution in [1.29, 1.82) is 10.8 Å². The number of amidine groups is 2. The average Bonchev–Trinajstić information content (AvgIpc) is 3.28. The van der Waals surface area contributed by atoms with Gasteiger partial charge in [0.05, 0.1) is 22.4 Å². The van der Waals surface area contributed by atoms with Crippen LogP contribution < -0.4 is 11.5 Å². The van der Waals surface area contributed by atoms with E-state index in [0.717, 1.165) is 51.7 Å². The van der Waals surface area contributed by atoms with Gasteiger partial charge in [-0.3, -0.25) is 20.6 Å². The number of imidazole rings is 1. The second-order valence-electron chi connectivity index (χ2n) is 9.94. The van der Waals surface area contributed by atoms with Crippen LogP contribution in [0.5, 0.6) is 0 Å². The molecule has 218 valence electrons. The Hall–Kier alpha value is -4.47. The van der Waals surface area contributed by atoms with Gasteiger partial charge in [-0.25, -0.2) is 4.98 Å². The van der Waals surface area contributed by atoms with E-state index < -0.39 is 0 Å². The highest BCUT2D eigenvalue weighted by atomic mass is 35.5. The summed E-state index contributed by atoms with van der Waals surface area (Å²) in [5.74, 6) is 0.872. The van der Waals surface area contributed by atoms with E-state index in [2.05, 4.69) is 9.55 Å². The number of nitrogens with two attached hydrogens (primary N) is 2. The number of benzene rings is 3. The summed E-state index contributed by atoms with van der Waals surface area (Å²) in [5, 5.41) is 16.2. The predicted molar refractivity (Wildman–Crippen MR) is 173 cm³/mol. The molecule has 0 fully saturated rings. The van der Waals surface area contributed by atoms with Crippen molar-refractivity contribution in [2.45, 2.75) is 25.8 Å². The second kappa shape index (κ2) is 13.9. The van der Waals surface area contributed by atoms with Crippen LogP contribution in [0.4, 0.5) is 0 Å². The summed E-state index contributed by atoms with van der Waals surface area (Å²) in [6, 6.07) is 23.2. The molecule has 5 rings (SSSR count). The monoisotopic (exact) mass is 604 g/mol. The smallest absolute Gasteiger partial charge is 0.254 e. The minimum atomic E-state index is -0.144. The number of aromatic nitrogens is 3. The fraction of sp³-hybridized carbons (Fsp3) is 0.194. The van der Waals surface area contributed by atoms with Crippen molar-refractivity contribution in [2.75, 3.05) is 6.54 Å². The molecule has 2 heterocycles. The molecule has 3 aromatic carbocycles. The Morgan fingerprint density at radius 1 is 0.881 bits per heavy atom. The van der Waals surface area contributed by atoms with Gasteiger partial charge >= 0.3 is 0 Å². The first kappa shape index (κ1) is 32.0. The normalized spacial score (nSPS) is 10.6. The maximum Gasteiger partial charge on any atom is 0.254 e. The van der Waals surface area contributed by atoms with Crippen LogP contribution in [0.25, 0.3) is 21.9 Å². The van der Waals surface area contributed by atoms with Crippen molar-refractivity contribution in [3.63, 3.8) is 0 Å². The molecule has 0 radical (unpaired) electrons. The fourth-order valence-corrected chi connectivity index (χ4v) is 4.83. The SMILES string of the molecule is Cl.Cl.Cn1c(CCc2ccc(C(=N)N)cc2)nc2cc(C(=O)N(CCC(=N)N)Cc3cnc4ccccc4c3)ccc21. The van der Waals surface area contributed by atoms with Crippen LogP contribution in [0.3, 0.4) is 0 Å². The molecule has 0 unspecified atom stereocenters. The van der Waals surface area contributed by atoms with Gasteiger partial charge in [0, 0.05) is 55.7 Å². The van der Waals surface area contributed by atoms with Crippen LogP contribution in [-0.4, -0.2) is 43.6 Å². The van der Waals surface area contributed by atoms with Crippen molar-refractivity contribution in [1.82, 2.24) is 19.4 Å². The zero-order valence-corrected chi connectivity index (χ0v) is 24.8. The van der Waals surface area contributed by atoms with Gasteiger partial charge in [-0.05, 0) is 47.9 Å². The zero-order valence-electron chi connectivity index (χ0n) is 23.2. The Kier molecular flexibility index (Phi) is 10.6. The number of aryl methyl sites for hydroxylation is 3. The van der Waals surface area contributed by atoms with E-state index in [1.165, 1.54) is 0 Å². The molecule has 11 heteroatoms. The van der Waals surface area contributed by atoms with E-state index in [1.54, 1.807) is 11.1 Å². The number of rotatable bonds is 10. The van der Waals surface area contributed by atoms with Crippen molar-refractivity contribution in [3.8, 4) is 0 Å². The predicted octanol–water partition coefficient (Wildman–Crippen LogP) is 5.00. The summed E-state index contributed by atoms with van der Waals surface area (Å²) < 4.78 is 2.06. The molecule has 5 aromatic rings. The lowest BCUT2D eigenvalue weighted by molar-refractivity contribution is 0.0748. The number of fused-ring (bicyclic) bond motifs is 2. The number of nitrogen functional groups attached to an aromatic ring is 1. The Labute approximate surface area is 256 Å². The van der Waals surface area contributed by atoms with Crippen LogP contribution in [0.2, 0.25) is 0 Å². The second-order valence-corrected chi connectivity index (χ2v) is 9.94. The van der Waals surface area contributed by atoms with Crippen molar-refractivity contribution >= 4 is 64.3 Å². The summed E-state index contributed by atoms with van der Waals surface area (Å²) in [6.45, 7) is 0.687. The van der Waals surface area contributed by atoms with Gasteiger partial charge in [0.2, 0.25) is 0 Å². The molecule has 1 amide bonds. The molecule has 0 bridgehead atoms. The topological polar surface area (TPSA) is 151 Å². The number of carbonyl (C=O) groups is 1. The van der Waals surface area contributed by atoms with Gasteiger partial charge in [0.15, 0.2) is 0 Å². The first-order chi connectivity index (χ1) is 19.3. The number of nitrogens with one attached hydrogen (secondary N) is 2. The van der Waals surface area contributed by atoms with E-state index >= 15 is 0 Å². The molecule has 2 aromatic heterocycles. The molecule has 6 N–H and O–H groups in total. The lowest BCUT2D eigenvalue weighted by atomic mass is 10.1. The molecular weight excluding hydrogens is 571 g/mol. The Balaban J connectivity index is 0.00000242. The quantitative estimate of drug-likeness (QED) is 0.130. The number of hydrogen-bond acceptors (Lipinski definition) is 5. The van der Waals surface area contributed by atoms with E-state index in [9.17, 15) is 4.79 Å². The van der Waals surface area contributed by atoms with Crippen molar-refractivity contribution in [2.24, 2.45) is 18.5 Å². The lowest BCUT2D eigenvalue weighted by Crippen LogP contribution is -2.33. The Morgan fingerprint density at radius 3 is 2.31 bits per heavy atom. The molecular formula is C31H34Cl2N8O. The van der Waals surface area contributed by atoms with E-state index in [-0.39, 0.29) is 48.8 Å².